The zero-order valence-electron chi connectivity index (χ0n) is 10.1. The molecule has 98 valence electrons. The van der Waals surface area contributed by atoms with Crippen molar-refractivity contribution in [2.45, 2.75) is 43.9 Å². The molecular formula is C14H17ClFNO. The Morgan fingerprint density at radius 1 is 1.44 bits per heavy atom. The standard InChI is InChI=1S/C14H17ClFNO/c15-11-5-8(1-3-12(11)16)6-13(17)10-7-9-2-4-14(10)18-9/h1,3,5,9-10,13-14H,2,4,6-7,17H2. The Bertz CT molecular complexity index is 453. The number of hydrogen-bond acceptors (Lipinski definition) is 2. The maximum Gasteiger partial charge on any atom is 0.141 e. The molecule has 2 aliphatic heterocycles. The van der Waals surface area contributed by atoms with Gasteiger partial charge in [-0.05, 0) is 43.4 Å². The van der Waals surface area contributed by atoms with Gasteiger partial charge in [-0.2, -0.15) is 0 Å². The summed E-state index contributed by atoms with van der Waals surface area (Å²) < 4.78 is 18.9. The van der Waals surface area contributed by atoms with Gasteiger partial charge in [0.1, 0.15) is 5.82 Å². The minimum Gasteiger partial charge on any atom is -0.375 e. The van der Waals surface area contributed by atoms with Crippen LogP contribution in [0, 0.1) is 11.7 Å². The molecule has 0 aliphatic carbocycles. The van der Waals surface area contributed by atoms with Crippen molar-refractivity contribution in [2.75, 3.05) is 0 Å². The quantitative estimate of drug-likeness (QED) is 0.916. The summed E-state index contributed by atoms with van der Waals surface area (Å²) in [5.41, 5.74) is 7.27. The Morgan fingerprint density at radius 3 is 2.89 bits per heavy atom. The Kier molecular flexibility index (Phi) is 3.31. The summed E-state index contributed by atoms with van der Waals surface area (Å²) in [4.78, 5) is 0. The van der Waals surface area contributed by atoms with E-state index in [4.69, 9.17) is 22.1 Å². The van der Waals surface area contributed by atoms with Gasteiger partial charge in [0, 0.05) is 12.0 Å². The minimum atomic E-state index is -0.378. The molecule has 2 aliphatic rings. The molecule has 2 fully saturated rings. The molecule has 2 nitrogen and oxygen atoms in total. The molecule has 1 aromatic rings. The fourth-order valence-corrected chi connectivity index (χ4v) is 3.42. The fourth-order valence-electron chi connectivity index (χ4n) is 3.22. The Balaban J connectivity index is 1.67. The topological polar surface area (TPSA) is 35.2 Å². The molecule has 2 bridgehead atoms. The second kappa shape index (κ2) is 4.80. The van der Waals surface area contributed by atoms with E-state index in [1.807, 2.05) is 0 Å². The van der Waals surface area contributed by atoms with Gasteiger partial charge in [0.25, 0.3) is 0 Å². The number of rotatable bonds is 3. The highest BCUT2D eigenvalue weighted by Crippen LogP contribution is 2.40. The Labute approximate surface area is 111 Å². The van der Waals surface area contributed by atoms with Crippen molar-refractivity contribution < 1.29 is 9.13 Å². The molecule has 1 aromatic carbocycles. The van der Waals surface area contributed by atoms with Crippen LogP contribution >= 0.6 is 11.6 Å². The van der Waals surface area contributed by atoms with Crippen LogP contribution in [0.3, 0.4) is 0 Å². The van der Waals surface area contributed by atoms with Crippen LogP contribution in [0.4, 0.5) is 4.39 Å². The van der Waals surface area contributed by atoms with Crippen LogP contribution in [0.1, 0.15) is 24.8 Å². The first-order valence-corrected chi connectivity index (χ1v) is 6.86. The van der Waals surface area contributed by atoms with Gasteiger partial charge < -0.3 is 10.5 Å². The van der Waals surface area contributed by atoms with E-state index in [0.29, 0.717) is 18.1 Å². The van der Waals surface area contributed by atoms with E-state index in [2.05, 4.69) is 0 Å². The normalized spacial score (nSPS) is 31.8. The largest absolute Gasteiger partial charge is 0.375 e. The third-order valence-corrected chi connectivity index (χ3v) is 4.45. The molecule has 0 aromatic heterocycles. The highest BCUT2D eigenvalue weighted by Gasteiger charge is 2.43. The van der Waals surface area contributed by atoms with Gasteiger partial charge in [0.05, 0.1) is 17.2 Å². The lowest BCUT2D eigenvalue weighted by atomic mass is 9.82. The van der Waals surface area contributed by atoms with Crippen molar-refractivity contribution in [3.63, 3.8) is 0 Å². The molecule has 4 heteroatoms. The van der Waals surface area contributed by atoms with E-state index in [-0.39, 0.29) is 16.9 Å². The van der Waals surface area contributed by atoms with Crippen molar-refractivity contribution >= 4 is 11.6 Å². The van der Waals surface area contributed by atoms with E-state index in [0.717, 1.165) is 24.8 Å². The van der Waals surface area contributed by atoms with Crippen LogP contribution in [0.25, 0.3) is 0 Å². The lowest BCUT2D eigenvalue weighted by molar-refractivity contribution is 0.0885. The third-order valence-electron chi connectivity index (χ3n) is 4.16. The van der Waals surface area contributed by atoms with Gasteiger partial charge in [0.15, 0.2) is 0 Å². The summed E-state index contributed by atoms with van der Waals surface area (Å²) in [5, 5.41) is 0.170. The van der Waals surface area contributed by atoms with Gasteiger partial charge in [-0.15, -0.1) is 0 Å². The molecule has 4 unspecified atom stereocenters. The first kappa shape index (κ1) is 12.4. The lowest BCUT2D eigenvalue weighted by Crippen LogP contribution is -2.37. The highest BCUT2D eigenvalue weighted by atomic mass is 35.5. The van der Waals surface area contributed by atoms with Crippen molar-refractivity contribution in [1.29, 1.82) is 0 Å². The second-order valence-electron chi connectivity index (χ2n) is 5.39. The Morgan fingerprint density at radius 2 is 2.28 bits per heavy atom. The highest BCUT2D eigenvalue weighted by molar-refractivity contribution is 6.30. The number of fused-ring (bicyclic) bond motifs is 2. The second-order valence-corrected chi connectivity index (χ2v) is 5.80. The molecule has 18 heavy (non-hydrogen) atoms. The summed E-state index contributed by atoms with van der Waals surface area (Å²) in [6, 6.07) is 4.91. The molecule has 0 spiro atoms. The Hall–Kier alpha value is -0.640. The van der Waals surface area contributed by atoms with Crippen molar-refractivity contribution in [1.82, 2.24) is 0 Å². The molecular weight excluding hydrogens is 253 g/mol. The first-order chi connectivity index (χ1) is 8.63. The van der Waals surface area contributed by atoms with Gasteiger partial charge in [-0.1, -0.05) is 17.7 Å². The predicted molar refractivity (Wildman–Crippen MR) is 69.1 cm³/mol. The third kappa shape index (κ3) is 2.27. The van der Waals surface area contributed by atoms with Crippen molar-refractivity contribution in [3.8, 4) is 0 Å². The van der Waals surface area contributed by atoms with Crippen LogP contribution in [0.5, 0.6) is 0 Å². The zero-order valence-corrected chi connectivity index (χ0v) is 10.9. The van der Waals surface area contributed by atoms with Gasteiger partial charge in [-0.25, -0.2) is 4.39 Å². The summed E-state index contributed by atoms with van der Waals surface area (Å²) in [7, 11) is 0. The maximum absolute atomic E-state index is 13.1. The molecule has 2 N–H and O–H groups in total. The number of hydrogen-bond donors (Lipinski definition) is 1. The van der Waals surface area contributed by atoms with E-state index in [1.165, 1.54) is 12.5 Å². The van der Waals surface area contributed by atoms with E-state index < -0.39 is 0 Å². The number of benzene rings is 1. The van der Waals surface area contributed by atoms with Crippen LogP contribution in [-0.4, -0.2) is 18.2 Å². The first-order valence-electron chi connectivity index (χ1n) is 6.48. The average Bonchev–Trinajstić information content (AvgIpc) is 2.96. The number of nitrogens with two attached hydrogens (primary N) is 1. The SMILES string of the molecule is NC(Cc1ccc(F)c(Cl)c1)C1CC2CCC1O2. The number of ether oxygens (including phenoxy) is 1. The minimum absolute atomic E-state index is 0.0711. The fraction of sp³-hybridized carbons (Fsp3) is 0.571. The molecule has 3 rings (SSSR count). The van der Waals surface area contributed by atoms with Crippen LogP contribution in [0.15, 0.2) is 18.2 Å². The summed E-state index contributed by atoms with van der Waals surface area (Å²) in [6.07, 6.45) is 4.87. The molecule has 4 atom stereocenters. The van der Waals surface area contributed by atoms with Crippen LogP contribution in [0.2, 0.25) is 5.02 Å². The smallest absolute Gasteiger partial charge is 0.141 e. The molecule has 0 radical (unpaired) electrons. The van der Waals surface area contributed by atoms with Gasteiger partial charge in [-0.3, -0.25) is 0 Å². The molecule has 0 amide bonds. The number of halogens is 2. The molecule has 2 heterocycles. The molecule has 2 saturated heterocycles. The summed E-state index contributed by atoms with van der Waals surface area (Å²) in [6.45, 7) is 0. The van der Waals surface area contributed by atoms with E-state index >= 15 is 0 Å². The lowest BCUT2D eigenvalue weighted by Gasteiger charge is -2.25. The molecule has 0 saturated carbocycles. The summed E-state index contributed by atoms with van der Waals surface area (Å²) in [5.74, 6) is 0.0600. The zero-order chi connectivity index (χ0) is 12.7. The van der Waals surface area contributed by atoms with Crippen LogP contribution < -0.4 is 5.73 Å². The van der Waals surface area contributed by atoms with Crippen molar-refractivity contribution in [3.05, 3.63) is 34.6 Å². The van der Waals surface area contributed by atoms with Gasteiger partial charge >= 0.3 is 0 Å². The van der Waals surface area contributed by atoms with E-state index in [9.17, 15) is 4.39 Å². The predicted octanol–water partition coefficient (Wildman–Crippen LogP) is 2.92. The van der Waals surface area contributed by atoms with Crippen LogP contribution in [-0.2, 0) is 11.2 Å². The van der Waals surface area contributed by atoms with Gasteiger partial charge in [0.2, 0.25) is 0 Å². The maximum atomic E-state index is 13.1. The van der Waals surface area contributed by atoms with Crippen molar-refractivity contribution in [2.24, 2.45) is 11.7 Å². The van der Waals surface area contributed by atoms with E-state index in [1.54, 1.807) is 12.1 Å². The summed E-state index contributed by atoms with van der Waals surface area (Å²) >= 11 is 5.78. The average molecular weight is 270 g/mol. The monoisotopic (exact) mass is 269 g/mol.